The molecule has 2 heterocycles. The number of nitrogens with zero attached hydrogens (tertiary/aromatic N) is 2. The van der Waals surface area contributed by atoms with E-state index < -0.39 is 23.8 Å². The van der Waals surface area contributed by atoms with E-state index in [1.54, 1.807) is 32.9 Å². The van der Waals surface area contributed by atoms with Gasteiger partial charge in [0.25, 0.3) is 0 Å². The average molecular weight is 327 g/mol. The predicted molar refractivity (Wildman–Crippen MR) is 80.4 cm³/mol. The minimum absolute atomic E-state index is 0.189. The Morgan fingerprint density at radius 2 is 2.05 bits per heavy atom. The fourth-order valence-corrected chi connectivity index (χ4v) is 2.36. The number of amides is 1. The van der Waals surface area contributed by atoms with Gasteiger partial charge in [0, 0.05) is 6.92 Å². The molecule has 2 rings (SSSR count). The second kappa shape index (κ2) is 6.12. The maximum absolute atomic E-state index is 12.2. The molecule has 0 aromatic carbocycles. The molecule has 1 atom stereocenters. The molecule has 0 bridgehead atoms. The summed E-state index contributed by atoms with van der Waals surface area (Å²) in [5, 5.41) is 0.321. The zero-order valence-corrected chi connectivity index (χ0v) is 13.8. The summed E-state index contributed by atoms with van der Waals surface area (Å²) in [5.41, 5.74) is 0.780. The van der Waals surface area contributed by atoms with Crippen molar-refractivity contribution in [3.63, 3.8) is 0 Å². The summed E-state index contributed by atoms with van der Waals surface area (Å²) in [7, 11) is 0. The van der Waals surface area contributed by atoms with E-state index in [0.717, 1.165) is 5.56 Å². The van der Waals surface area contributed by atoms with Crippen molar-refractivity contribution in [1.82, 2.24) is 9.88 Å². The first kappa shape index (κ1) is 16.5. The van der Waals surface area contributed by atoms with Gasteiger partial charge in [-0.15, -0.1) is 0 Å². The number of esters is 1. The smallest absolute Gasteiger partial charge is 0.410 e. The van der Waals surface area contributed by atoms with Crippen molar-refractivity contribution in [2.24, 2.45) is 0 Å². The monoisotopic (exact) mass is 326 g/mol. The summed E-state index contributed by atoms with van der Waals surface area (Å²) in [4.78, 5) is 29.3. The molecular formula is C15H19ClN2O4. The highest BCUT2D eigenvalue weighted by Gasteiger charge is 2.33. The first-order valence-electron chi connectivity index (χ1n) is 6.96. The van der Waals surface area contributed by atoms with Crippen LogP contribution in [0.3, 0.4) is 0 Å². The van der Waals surface area contributed by atoms with E-state index in [-0.39, 0.29) is 6.54 Å². The van der Waals surface area contributed by atoms with Crippen LogP contribution in [-0.2, 0) is 20.8 Å². The number of carbonyl (C=O) groups is 2. The molecule has 6 nitrogen and oxygen atoms in total. The molecule has 1 amide bonds. The zero-order valence-electron chi connectivity index (χ0n) is 13.1. The van der Waals surface area contributed by atoms with E-state index in [9.17, 15) is 9.59 Å². The number of rotatable bonds is 1. The Morgan fingerprint density at radius 3 is 2.64 bits per heavy atom. The lowest BCUT2D eigenvalue weighted by Crippen LogP contribution is -2.42. The quantitative estimate of drug-likeness (QED) is 0.586. The van der Waals surface area contributed by atoms with Gasteiger partial charge in [-0.05, 0) is 32.4 Å². The second-order valence-corrected chi connectivity index (χ2v) is 6.52. The minimum Gasteiger partial charge on any atom is -0.454 e. The Labute approximate surface area is 134 Å². The molecule has 0 saturated heterocycles. The summed E-state index contributed by atoms with van der Waals surface area (Å²) in [5.74, 6) is -0.441. The average Bonchev–Trinajstić information content (AvgIpc) is 2.36. The van der Waals surface area contributed by atoms with Crippen molar-refractivity contribution >= 4 is 23.7 Å². The van der Waals surface area contributed by atoms with E-state index in [2.05, 4.69) is 4.98 Å². The van der Waals surface area contributed by atoms with E-state index in [1.165, 1.54) is 11.8 Å². The molecule has 0 radical (unpaired) electrons. The molecule has 0 N–H and O–H groups in total. The highest BCUT2D eigenvalue weighted by atomic mass is 35.5. The van der Waals surface area contributed by atoms with Crippen LogP contribution >= 0.6 is 11.6 Å². The van der Waals surface area contributed by atoms with E-state index in [0.29, 0.717) is 17.4 Å². The Kier molecular flexibility index (Phi) is 4.60. The molecule has 0 spiro atoms. The van der Waals surface area contributed by atoms with Gasteiger partial charge in [-0.3, -0.25) is 9.69 Å². The number of carbonyl (C=O) groups excluding carboxylic acids is 2. The molecule has 0 aliphatic carbocycles. The molecule has 120 valence electrons. The van der Waals surface area contributed by atoms with Crippen LogP contribution in [0.15, 0.2) is 12.1 Å². The van der Waals surface area contributed by atoms with Crippen LogP contribution in [0.5, 0.6) is 0 Å². The molecule has 7 heteroatoms. The van der Waals surface area contributed by atoms with Gasteiger partial charge in [-0.2, -0.15) is 0 Å². The standard InChI is InChI=1S/C15H19ClN2O4/c1-9(19)21-11-8-18(14(20)22-15(2,3)4)7-10-5-6-12(16)17-13(10)11/h5-6,11H,7-8H2,1-4H3. The molecule has 0 fully saturated rings. The predicted octanol–water partition coefficient (Wildman–Crippen LogP) is 3.09. The van der Waals surface area contributed by atoms with Gasteiger partial charge in [0.1, 0.15) is 10.8 Å². The molecule has 0 saturated carbocycles. The normalized spacial score (nSPS) is 17.7. The largest absolute Gasteiger partial charge is 0.454 e. The second-order valence-electron chi connectivity index (χ2n) is 6.14. The minimum atomic E-state index is -0.646. The summed E-state index contributed by atoms with van der Waals surface area (Å²) in [6.45, 7) is 7.24. The summed E-state index contributed by atoms with van der Waals surface area (Å²) < 4.78 is 10.6. The van der Waals surface area contributed by atoms with Gasteiger partial charge in [0.15, 0.2) is 6.10 Å². The SMILES string of the molecule is CC(=O)OC1CN(C(=O)OC(C)(C)C)Cc2ccc(Cl)nc21. The maximum atomic E-state index is 12.2. The van der Waals surface area contributed by atoms with Crippen LogP contribution in [0.4, 0.5) is 4.79 Å². The molecule has 22 heavy (non-hydrogen) atoms. The number of fused-ring (bicyclic) bond motifs is 1. The highest BCUT2D eigenvalue weighted by molar-refractivity contribution is 6.29. The van der Waals surface area contributed by atoms with Crippen LogP contribution in [0, 0.1) is 0 Å². The fourth-order valence-electron chi connectivity index (χ4n) is 2.21. The lowest BCUT2D eigenvalue weighted by Gasteiger charge is -2.34. The summed E-state index contributed by atoms with van der Waals surface area (Å²) in [6.07, 6.45) is -1.10. The first-order valence-corrected chi connectivity index (χ1v) is 7.34. The van der Waals surface area contributed by atoms with Gasteiger partial charge < -0.3 is 9.47 Å². The Morgan fingerprint density at radius 1 is 1.36 bits per heavy atom. The van der Waals surface area contributed by atoms with Crippen molar-refractivity contribution in [2.75, 3.05) is 6.54 Å². The number of aromatic nitrogens is 1. The van der Waals surface area contributed by atoms with E-state index in [4.69, 9.17) is 21.1 Å². The van der Waals surface area contributed by atoms with Crippen molar-refractivity contribution in [3.05, 3.63) is 28.5 Å². The zero-order chi connectivity index (χ0) is 16.5. The topological polar surface area (TPSA) is 68.7 Å². The number of halogens is 1. The Hall–Kier alpha value is -1.82. The van der Waals surface area contributed by atoms with Crippen molar-refractivity contribution in [2.45, 2.75) is 45.9 Å². The van der Waals surface area contributed by atoms with E-state index >= 15 is 0 Å². The van der Waals surface area contributed by atoms with Crippen LogP contribution in [0.1, 0.15) is 45.1 Å². The Bertz CT molecular complexity index is 598. The first-order chi connectivity index (χ1) is 10.2. The van der Waals surface area contributed by atoms with Crippen molar-refractivity contribution in [3.8, 4) is 0 Å². The van der Waals surface area contributed by atoms with Gasteiger partial charge in [-0.25, -0.2) is 9.78 Å². The van der Waals surface area contributed by atoms with Crippen molar-refractivity contribution in [1.29, 1.82) is 0 Å². The van der Waals surface area contributed by atoms with Crippen LogP contribution in [-0.4, -0.2) is 34.1 Å². The van der Waals surface area contributed by atoms with Crippen LogP contribution in [0.25, 0.3) is 0 Å². The lowest BCUT2D eigenvalue weighted by molar-refractivity contribution is -0.148. The molecule has 1 aliphatic rings. The molecule has 1 aliphatic heterocycles. The van der Waals surface area contributed by atoms with Gasteiger partial charge in [-0.1, -0.05) is 17.7 Å². The highest BCUT2D eigenvalue weighted by Crippen LogP contribution is 2.30. The van der Waals surface area contributed by atoms with Gasteiger partial charge >= 0.3 is 12.1 Å². The number of hydrogen-bond donors (Lipinski definition) is 0. The van der Waals surface area contributed by atoms with Gasteiger partial charge in [0.05, 0.1) is 18.8 Å². The lowest BCUT2D eigenvalue weighted by atomic mass is 10.0. The molecule has 1 unspecified atom stereocenters. The fraction of sp³-hybridized carbons (Fsp3) is 0.533. The third kappa shape index (κ3) is 4.10. The third-order valence-electron chi connectivity index (χ3n) is 2.99. The van der Waals surface area contributed by atoms with Gasteiger partial charge in [0.2, 0.25) is 0 Å². The Balaban J connectivity index is 2.26. The van der Waals surface area contributed by atoms with Crippen LogP contribution < -0.4 is 0 Å². The summed E-state index contributed by atoms with van der Waals surface area (Å²) in [6, 6.07) is 3.42. The maximum Gasteiger partial charge on any atom is 0.410 e. The van der Waals surface area contributed by atoms with E-state index in [1.807, 2.05) is 0 Å². The van der Waals surface area contributed by atoms with Crippen LogP contribution in [0.2, 0.25) is 5.15 Å². The molecule has 1 aromatic rings. The molecular weight excluding hydrogens is 308 g/mol. The number of hydrogen-bond acceptors (Lipinski definition) is 5. The number of ether oxygens (including phenoxy) is 2. The third-order valence-corrected chi connectivity index (χ3v) is 3.20. The molecule has 1 aromatic heterocycles. The number of pyridine rings is 1. The summed E-state index contributed by atoms with van der Waals surface area (Å²) >= 11 is 5.91. The van der Waals surface area contributed by atoms with Crippen molar-refractivity contribution < 1.29 is 19.1 Å².